The normalized spacial score (nSPS) is 18.5. The highest BCUT2D eigenvalue weighted by Crippen LogP contribution is 2.35. The van der Waals surface area contributed by atoms with Crippen LogP contribution in [0.1, 0.15) is 23.5 Å². The van der Waals surface area contributed by atoms with Gasteiger partial charge in [0.05, 0.1) is 16.0 Å². The van der Waals surface area contributed by atoms with Gasteiger partial charge in [-0.1, -0.05) is 35.3 Å². The van der Waals surface area contributed by atoms with Crippen LogP contribution in [0.2, 0.25) is 10.0 Å². The number of hydrogen-bond donors (Lipinski definition) is 2. The Hall–Kier alpha value is -2.64. The van der Waals surface area contributed by atoms with Crippen LogP contribution in [-0.2, 0) is 4.79 Å². The van der Waals surface area contributed by atoms with Crippen LogP contribution in [0.25, 0.3) is 0 Å². The molecule has 0 spiro atoms. The molecule has 2 N–H and O–H groups in total. The number of nitrogens with zero attached hydrogens (tertiary/aromatic N) is 1. The van der Waals surface area contributed by atoms with Gasteiger partial charge in [-0.25, -0.2) is 4.79 Å². The van der Waals surface area contributed by atoms with Gasteiger partial charge >= 0.3 is 12.1 Å². The first kappa shape index (κ1) is 23.0. The predicted octanol–water partition coefficient (Wildman–Crippen LogP) is 4.93. The van der Waals surface area contributed by atoms with E-state index in [0.717, 1.165) is 16.0 Å². The highest BCUT2D eigenvalue weighted by molar-refractivity contribution is 6.37. The van der Waals surface area contributed by atoms with Crippen LogP contribution in [0.5, 0.6) is 11.5 Å². The van der Waals surface area contributed by atoms with Gasteiger partial charge in [0.25, 0.3) is 0 Å². The zero-order chi connectivity index (χ0) is 22.5. The summed E-state index contributed by atoms with van der Waals surface area (Å²) in [6, 6.07) is 10.7. The third-order valence-electron chi connectivity index (χ3n) is 5.25. The topological polar surface area (TPSA) is 96.3 Å². The highest BCUT2D eigenvalue weighted by Gasteiger charge is 2.36. The number of carboxylic acid groups (broad SMARTS) is 2. The molecular weight excluding hydrogens is 445 g/mol. The number of aliphatic carboxylic acids is 1. The third kappa shape index (κ3) is 5.74. The molecule has 2 atom stereocenters. The quantitative estimate of drug-likeness (QED) is 0.560. The molecule has 1 saturated heterocycles. The van der Waals surface area contributed by atoms with E-state index >= 15 is 0 Å². The fraction of sp³-hybridized carbons (Fsp3) is 0.364. The number of ether oxygens (including phenoxy) is 2. The maximum atomic E-state index is 11.7. The number of likely N-dealkylation sites (tertiary alicyclic amines) is 1. The molecule has 31 heavy (non-hydrogen) atoms. The number of halogens is 2. The van der Waals surface area contributed by atoms with Crippen molar-refractivity contribution in [2.24, 2.45) is 5.92 Å². The molecule has 1 aliphatic heterocycles. The molecule has 166 valence electrons. The van der Waals surface area contributed by atoms with Crippen molar-refractivity contribution in [1.29, 1.82) is 0 Å². The Morgan fingerprint density at radius 3 is 2.26 bits per heavy atom. The van der Waals surface area contributed by atoms with E-state index < -0.39 is 18.0 Å². The fourth-order valence-electron chi connectivity index (χ4n) is 3.71. The van der Waals surface area contributed by atoms with E-state index in [-0.39, 0.29) is 25.7 Å². The number of carboxylic acids is 1. The van der Waals surface area contributed by atoms with E-state index in [1.807, 2.05) is 19.1 Å². The molecule has 2 unspecified atom stereocenters. The Labute approximate surface area is 190 Å². The van der Waals surface area contributed by atoms with Crippen LogP contribution in [-0.4, -0.2) is 53.5 Å². The van der Waals surface area contributed by atoms with Crippen LogP contribution in [0.15, 0.2) is 36.4 Å². The molecule has 0 aliphatic carbocycles. The summed E-state index contributed by atoms with van der Waals surface area (Å²) >= 11 is 12.3. The van der Waals surface area contributed by atoms with E-state index in [0.29, 0.717) is 34.5 Å². The summed E-state index contributed by atoms with van der Waals surface area (Å²) in [5, 5.41) is 19.6. The molecule has 1 heterocycles. The van der Waals surface area contributed by atoms with Gasteiger partial charge in [-0.15, -0.1) is 0 Å². The van der Waals surface area contributed by atoms with Crippen molar-refractivity contribution in [2.75, 3.05) is 26.3 Å². The lowest BCUT2D eigenvalue weighted by Gasteiger charge is -2.35. The van der Waals surface area contributed by atoms with E-state index in [2.05, 4.69) is 0 Å². The Morgan fingerprint density at radius 2 is 1.68 bits per heavy atom. The summed E-state index contributed by atoms with van der Waals surface area (Å²) in [6.45, 7) is 2.70. The van der Waals surface area contributed by atoms with Crippen molar-refractivity contribution in [3.8, 4) is 11.5 Å². The molecule has 1 fully saturated rings. The zero-order valence-electron chi connectivity index (χ0n) is 16.9. The van der Waals surface area contributed by atoms with E-state index in [9.17, 15) is 14.7 Å². The second-order valence-electron chi connectivity index (χ2n) is 7.39. The Kier molecular flexibility index (Phi) is 7.51. The smallest absolute Gasteiger partial charge is 0.407 e. The van der Waals surface area contributed by atoms with E-state index in [4.69, 9.17) is 37.8 Å². The monoisotopic (exact) mass is 467 g/mol. The van der Waals surface area contributed by atoms with Gasteiger partial charge in [0.15, 0.2) is 5.75 Å². The van der Waals surface area contributed by atoms with Crippen molar-refractivity contribution in [2.45, 2.75) is 19.3 Å². The van der Waals surface area contributed by atoms with Gasteiger partial charge in [-0.3, -0.25) is 4.79 Å². The number of amides is 1. The minimum Gasteiger partial charge on any atom is -0.490 e. The third-order valence-corrected chi connectivity index (χ3v) is 5.81. The average molecular weight is 468 g/mol. The number of rotatable bonds is 7. The SMILES string of the molecule is Cc1cc(Cl)c(OCCOc2ccc(C3CCN(C(=O)O)CC3C(=O)O)cc2)c(Cl)c1. The second kappa shape index (κ2) is 10.1. The maximum Gasteiger partial charge on any atom is 0.407 e. The summed E-state index contributed by atoms with van der Waals surface area (Å²) in [5.74, 6) is -1.00. The molecule has 1 aliphatic rings. The minimum atomic E-state index is -1.09. The summed E-state index contributed by atoms with van der Waals surface area (Å²) in [7, 11) is 0. The molecular formula is C22H23Cl2NO6. The Bertz CT molecular complexity index is 927. The largest absolute Gasteiger partial charge is 0.490 e. The zero-order valence-corrected chi connectivity index (χ0v) is 18.4. The van der Waals surface area contributed by atoms with E-state index in [1.54, 1.807) is 24.3 Å². The van der Waals surface area contributed by atoms with Gasteiger partial charge in [0.1, 0.15) is 19.0 Å². The van der Waals surface area contributed by atoms with Crippen LogP contribution in [0, 0.1) is 12.8 Å². The average Bonchev–Trinajstić information content (AvgIpc) is 2.72. The van der Waals surface area contributed by atoms with Gasteiger partial charge in [-0.05, 0) is 48.7 Å². The lowest BCUT2D eigenvalue weighted by Crippen LogP contribution is -2.45. The molecule has 2 aromatic carbocycles. The van der Waals surface area contributed by atoms with Gasteiger partial charge < -0.3 is 24.6 Å². The van der Waals surface area contributed by atoms with Crippen molar-refractivity contribution in [1.82, 2.24) is 4.90 Å². The summed E-state index contributed by atoms with van der Waals surface area (Å²) < 4.78 is 11.3. The molecule has 0 bridgehead atoms. The van der Waals surface area contributed by atoms with Gasteiger partial charge in [0, 0.05) is 19.0 Å². The first-order valence-corrected chi connectivity index (χ1v) is 10.5. The van der Waals surface area contributed by atoms with Gasteiger partial charge in [0.2, 0.25) is 0 Å². The van der Waals surface area contributed by atoms with E-state index in [1.165, 1.54) is 0 Å². The number of carbonyl (C=O) groups is 2. The lowest BCUT2D eigenvalue weighted by molar-refractivity contribution is -0.144. The standard InChI is InChI=1S/C22H23Cl2NO6/c1-13-10-18(23)20(19(24)11-13)31-9-8-30-15-4-2-14(3-5-15)16-6-7-25(22(28)29)12-17(16)21(26)27/h2-5,10-11,16-17H,6-9,12H2,1H3,(H,26,27)(H,28,29). The number of aryl methyl sites for hydroxylation is 1. The second-order valence-corrected chi connectivity index (χ2v) is 8.21. The molecule has 2 aromatic rings. The van der Waals surface area contributed by atoms with Crippen LogP contribution < -0.4 is 9.47 Å². The summed E-state index contributed by atoms with van der Waals surface area (Å²) in [6.07, 6.45) is -0.640. The van der Waals surface area contributed by atoms with Crippen LogP contribution in [0.3, 0.4) is 0 Å². The van der Waals surface area contributed by atoms with Gasteiger partial charge in [-0.2, -0.15) is 0 Å². The lowest BCUT2D eigenvalue weighted by atomic mass is 9.80. The first-order valence-electron chi connectivity index (χ1n) is 9.78. The molecule has 3 rings (SSSR count). The molecule has 0 saturated carbocycles. The van der Waals surface area contributed by atoms with Crippen molar-refractivity contribution in [3.63, 3.8) is 0 Å². The predicted molar refractivity (Wildman–Crippen MR) is 117 cm³/mol. The molecule has 0 aromatic heterocycles. The van der Waals surface area contributed by atoms with Crippen LogP contribution in [0.4, 0.5) is 4.79 Å². The van der Waals surface area contributed by atoms with Crippen molar-refractivity contribution < 1.29 is 29.3 Å². The minimum absolute atomic E-state index is 0.0188. The Balaban J connectivity index is 1.55. The van der Waals surface area contributed by atoms with Crippen molar-refractivity contribution in [3.05, 3.63) is 57.6 Å². The fourth-order valence-corrected chi connectivity index (χ4v) is 4.42. The van der Waals surface area contributed by atoms with Crippen molar-refractivity contribution >= 4 is 35.3 Å². The molecule has 0 radical (unpaired) electrons. The molecule has 1 amide bonds. The highest BCUT2D eigenvalue weighted by atomic mass is 35.5. The number of hydrogen-bond acceptors (Lipinski definition) is 4. The number of benzene rings is 2. The Morgan fingerprint density at radius 1 is 1.06 bits per heavy atom. The maximum absolute atomic E-state index is 11.7. The first-order chi connectivity index (χ1) is 14.8. The van der Waals surface area contributed by atoms with Crippen LogP contribution >= 0.6 is 23.2 Å². The molecule has 9 heteroatoms. The molecule has 7 nitrogen and oxygen atoms in total. The summed E-state index contributed by atoms with van der Waals surface area (Å²) in [5.41, 5.74) is 1.79. The summed E-state index contributed by atoms with van der Waals surface area (Å²) in [4.78, 5) is 24.0. The number of piperidine rings is 1.